The molecule has 0 atom stereocenters. The van der Waals surface area contributed by atoms with E-state index in [0.717, 1.165) is 44.1 Å². The summed E-state index contributed by atoms with van der Waals surface area (Å²) >= 11 is 0. The summed E-state index contributed by atoms with van der Waals surface area (Å²) in [7, 11) is 0. The zero-order valence-corrected chi connectivity index (χ0v) is 14.9. The Morgan fingerprint density at radius 1 is 1.04 bits per heavy atom. The number of carbonyl (C=O) groups is 1. The number of aromatic nitrogens is 2. The number of alkyl halides is 3. The van der Waals surface area contributed by atoms with Crippen LogP contribution in [-0.4, -0.2) is 34.1 Å². The predicted octanol–water partition coefficient (Wildman–Crippen LogP) is 4.17. The summed E-state index contributed by atoms with van der Waals surface area (Å²) in [5, 5.41) is 8.78. The van der Waals surface area contributed by atoms with Gasteiger partial charge in [0.15, 0.2) is 0 Å². The molecular weight excluding hydrogens is 371 g/mol. The van der Waals surface area contributed by atoms with E-state index in [1.165, 1.54) is 24.3 Å². The largest absolute Gasteiger partial charge is 0.478 e. The van der Waals surface area contributed by atoms with Gasteiger partial charge in [0.1, 0.15) is 0 Å². The molecule has 28 heavy (non-hydrogen) atoms. The van der Waals surface area contributed by atoms with Crippen LogP contribution >= 0.6 is 0 Å². The summed E-state index contributed by atoms with van der Waals surface area (Å²) < 4.78 is 38.4. The summed E-state index contributed by atoms with van der Waals surface area (Å²) in [6, 6.07) is 4.67. The smallest absolute Gasteiger partial charge is 0.416 e. The highest BCUT2D eigenvalue weighted by molar-refractivity contribution is 5.83. The Hall–Kier alpha value is -3.16. The normalized spacial score (nSPS) is 15.4. The summed E-state index contributed by atoms with van der Waals surface area (Å²) in [6.07, 6.45) is 4.73. The zero-order valence-electron chi connectivity index (χ0n) is 14.9. The van der Waals surface area contributed by atoms with Gasteiger partial charge in [-0.3, -0.25) is 0 Å². The maximum absolute atomic E-state index is 12.8. The quantitative estimate of drug-likeness (QED) is 0.614. The lowest BCUT2D eigenvalue weighted by molar-refractivity contribution is -0.137. The highest BCUT2D eigenvalue weighted by atomic mass is 19.4. The Morgan fingerprint density at radius 3 is 2.18 bits per heavy atom. The number of hydrogen-bond donors (Lipinski definition) is 1. The molecule has 5 nitrogen and oxygen atoms in total. The first-order valence-corrected chi connectivity index (χ1v) is 8.71. The summed E-state index contributed by atoms with van der Waals surface area (Å²) in [5.74, 6) is -0.516. The molecule has 3 rings (SSSR count). The second-order valence-corrected chi connectivity index (χ2v) is 6.32. The van der Waals surface area contributed by atoms with Gasteiger partial charge >= 0.3 is 12.1 Å². The molecule has 8 heteroatoms. The number of halogens is 3. The summed E-state index contributed by atoms with van der Waals surface area (Å²) in [6.45, 7) is 1.78. The van der Waals surface area contributed by atoms with Crippen LogP contribution in [0.2, 0.25) is 0 Å². The standard InChI is InChI=1S/C20H18F3N3O2/c21-20(22,23)16-8-6-14(7-9-16)17(4-3-5-18(27)28)15-12-24-19(25-13-15)26-10-1-2-11-26/h3-9,12-13H,1-2,10-11H2,(H,27,28)/b5-3+,17-4-. The molecule has 0 spiro atoms. The van der Waals surface area contributed by atoms with Gasteiger partial charge in [0.2, 0.25) is 5.95 Å². The molecule has 1 N–H and O–H groups in total. The van der Waals surface area contributed by atoms with Crippen LogP contribution in [0.25, 0.3) is 5.57 Å². The number of rotatable bonds is 5. The predicted molar refractivity (Wildman–Crippen MR) is 98.8 cm³/mol. The second-order valence-electron chi connectivity index (χ2n) is 6.32. The van der Waals surface area contributed by atoms with E-state index < -0.39 is 17.7 Å². The van der Waals surface area contributed by atoms with Gasteiger partial charge in [-0.1, -0.05) is 24.3 Å². The molecule has 1 aromatic carbocycles. The number of allylic oxidation sites excluding steroid dienone is 2. The van der Waals surface area contributed by atoms with Gasteiger partial charge in [-0.15, -0.1) is 0 Å². The number of hydrogen-bond acceptors (Lipinski definition) is 4. The number of nitrogens with zero attached hydrogens (tertiary/aromatic N) is 3. The molecule has 1 aromatic heterocycles. The number of carboxylic acid groups (broad SMARTS) is 1. The van der Waals surface area contributed by atoms with Crippen molar-refractivity contribution in [2.75, 3.05) is 18.0 Å². The minimum absolute atomic E-state index is 0.501. The SMILES string of the molecule is O=C(O)/C=C/C=C(/c1ccc(C(F)(F)F)cc1)c1cnc(N2CCCC2)nc1. The van der Waals surface area contributed by atoms with Gasteiger partial charge < -0.3 is 10.0 Å². The van der Waals surface area contributed by atoms with Gasteiger partial charge in [-0.2, -0.15) is 13.2 Å². The van der Waals surface area contributed by atoms with E-state index in [0.29, 0.717) is 22.6 Å². The van der Waals surface area contributed by atoms with Crippen molar-refractivity contribution in [3.63, 3.8) is 0 Å². The topological polar surface area (TPSA) is 66.3 Å². The van der Waals surface area contributed by atoms with Crippen LogP contribution in [0.15, 0.2) is 54.9 Å². The lowest BCUT2D eigenvalue weighted by Gasteiger charge is -2.15. The lowest BCUT2D eigenvalue weighted by Crippen LogP contribution is -2.20. The van der Waals surface area contributed by atoms with E-state index in [2.05, 4.69) is 14.9 Å². The van der Waals surface area contributed by atoms with Crippen molar-refractivity contribution in [2.45, 2.75) is 19.0 Å². The van der Waals surface area contributed by atoms with Gasteiger partial charge in [0.25, 0.3) is 0 Å². The number of carboxylic acids is 1. The number of anilines is 1. The van der Waals surface area contributed by atoms with Crippen molar-refractivity contribution in [1.82, 2.24) is 9.97 Å². The monoisotopic (exact) mass is 389 g/mol. The molecule has 0 amide bonds. The molecule has 0 saturated carbocycles. The summed E-state index contributed by atoms with van der Waals surface area (Å²) in [4.78, 5) is 21.5. The second kappa shape index (κ2) is 8.24. The molecule has 0 radical (unpaired) electrons. The van der Waals surface area contributed by atoms with E-state index in [9.17, 15) is 18.0 Å². The molecule has 1 saturated heterocycles. The fraction of sp³-hybridized carbons (Fsp3) is 0.250. The van der Waals surface area contributed by atoms with Crippen molar-refractivity contribution in [3.05, 3.63) is 71.6 Å². The number of aliphatic carboxylic acids is 1. The fourth-order valence-corrected chi connectivity index (χ4v) is 2.97. The van der Waals surface area contributed by atoms with Gasteiger partial charge in [-0.25, -0.2) is 14.8 Å². The zero-order chi connectivity index (χ0) is 20.1. The van der Waals surface area contributed by atoms with E-state index >= 15 is 0 Å². The van der Waals surface area contributed by atoms with Crippen molar-refractivity contribution in [2.24, 2.45) is 0 Å². The maximum atomic E-state index is 12.8. The minimum atomic E-state index is -4.42. The molecule has 1 fully saturated rings. The molecule has 2 heterocycles. The van der Waals surface area contributed by atoms with Crippen molar-refractivity contribution in [1.29, 1.82) is 0 Å². The molecular formula is C20H18F3N3O2. The van der Waals surface area contributed by atoms with Crippen molar-refractivity contribution in [3.8, 4) is 0 Å². The van der Waals surface area contributed by atoms with Gasteiger partial charge in [0.05, 0.1) is 5.56 Å². The van der Waals surface area contributed by atoms with E-state index in [4.69, 9.17) is 5.11 Å². The number of benzene rings is 1. The molecule has 0 bridgehead atoms. The Bertz CT molecular complexity index is 882. The van der Waals surface area contributed by atoms with E-state index in [1.807, 2.05) is 0 Å². The van der Waals surface area contributed by atoms with Crippen LogP contribution in [0.4, 0.5) is 19.1 Å². The Labute approximate surface area is 159 Å². The average Bonchev–Trinajstić information content (AvgIpc) is 3.19. The lowest BCUT2D eigenvalue weighted by atomic mass is 9.98. The summed E-state index contributed by atoms with van der Waals surface area (Å²) in [5.41, 5.74) is 0.856. The fourth-order valence-electron chi connectivity index (χ4n) is 2.97. The average molecular weight is 389 g/mol. The van der Waals surface area contributed by atoms with Crippen molar-refractivity contribution >= 4 is 17.5 Å². The minimum Gasteiger partial charge on any atom is -0.478 e. The molecule has 2 aromatic rings. The highest BCUT2D eigenvalue weighted by Gasteiger charge is 2.30. The first-order valence-electron chi connectivity index (χ1n) is 8.71. The molecule has 0 unspecified atom stereocenters. The van der Waals surface area contributed by atoms with Crippen LogP contribution in [0, 0.1) is 0 Å². The van der Waals surface area contributed by atoms with Crippen LogP contribution < -0.4 is 4.90 Å². The van der Waals surface area contributed by atoms with E-state index in [1.54, 1.807) is 12.4 Å². The van der Waals surface area contributed by atoms with Crippen molar-refractivity contribution < 1.29 is 23.1 Å². The van der Waals surface area contributed by atoms with Crippen LogP contribution in [0.3, 0.4) is 0 Å². The van der Waals surface area contributed by atoms with Crippen LogP contribution in [0.1, 0.15) is 29.5 Å². The maximum Gasteiger partial charge on any atom is 0.416 e. The van der Waals surface area contributed by atoms with E-state index in [-0.39, 0.29) is 0 Å². The third kappa shape index (κ3) is 4.76. The molecule has 1 aliphatic rings. The van der Waals surface area contributed by atoms with Crippen LogP contribution in [-0.2, 0) is 11.0 Å². The Morgan fingerprint density at radius 2 is 1.64 bits per heavy atom. The third-order valence-electron chi connectivity index (χ3n) is 4.36. The molecule has 1 aliphatic heterocycles. The van der Waals surface area contributed by atoms with Gasteiger partial charge in [-0.05, 0) is 36.1 Å². The Balaban J connectivity index is 1.94. The first-order chi connectivity index (χ1) is 13.3. The van der Waals surface area contributed by atoms with Crippen LogP contribution in [0.5, 0.6) is 0 Å². The highest BCUT2D eigenvalue weighted by Crippen LogP contribution is 2.31. The van der Waals surface area contributed by atoms with Gasteiger partial charge in [0, 0.05) is 37.1 Å². The molecule has 0 aliphatic carbocycles. The molecule has 146 valence electrons. The third-order valence-corrected chi connectivity index (χ3v) is 4.36. The Kier molecular flexibility index (Phi) is 5.77. The first kappa shape index (κ1) is 19.6.